The average molecular weight is 445 g/mol. The summed E-state index contributed by atoms with van der Waals surface area (Å²) in [4.78, 5) is 12.1. The summed E-state index contributed by atoms with van der Waals surface area (Å²) in [6, 6.07) is 13.6. The normalized spacial score (nSPS) is 10.3. The third kappa shape index (κ3) is 4.04. The van der Waals surface area contributed by atoms with E-state index in [0.717, 1.165) is 19.2 Å². The minimum atomic E-state index is -0.0849. The van der Waals surface area contributed by atoms with Crippen molar-refractivity contribution in [3.63, 3.8) is 0 Å². The van der Waals surface area contributed by atoms with Crippen LogP contribution >= 0.6 is 38.5 Å². The number of carbonyl (C=O) groups excluding carboxylic acids is 1. The summed E-state index contributed by atoms with van der Waals surface area (Å²) in [5, 5.41) is 2.92. The summed E-state index contributed by atoms with van der Waals surface area (Å²) in [5.74, 6) is -0.0849. The molecule has 2 rings (SSSR count). The lowest BCUT2D eigenvalue weighted by molar-refractivity contribution is 0.0950. The molecule has 0 saturated heterocycles. The maximum absolute atomic E-state index is 12.1. The number of hydrogen-bond acceptors (Lipinski definition) is 2. The van der Waals surface area contributed by atoms with E-state index in [9.17, 15) is 4.79 Å². The van der Waals surface area contributed by atoms with Crippen molar-refractivity contribution in [2.24, 2.45) is 5.73 Å². The van der Waals surface area contributed by atoms with Crippen LogP contribution in [0.25, 0.3) is 0 Å². The topological polar surface area (TPSA) is 55.1 Å². The Bertz CT molecular complexity index is 614. The van der Waals surface area contributed by atoms with Crippen LogP contribution in [0.15, 0.2) is 46.9 Å². The van der Waals surface area contributed by atoms with Crippen molar-refractivity contribution >= 4 is 44.4 Å². The molecule has 0 aliphatic rings. The largest absolute Gasteiger partial charge is 0.348 e. The third-order valence-corrected chi connectivity index (χ3v) is 4.25. The molecule has 2 aromatic carbocycles. The molecule has 0 aliphatic carbocycles. The van der Waals surface area contributed by atoms with Gasteiger partial charge in [-0.3, -0.25) is 4.79 Å². The van der Waals surface area contributed by atoms with Gasteiger partial charge in [0.1, 0.15) is 0 Å². The van der Waals surface area contributed by atoms with Gasteiger partial charge in [0.2, 0.25) is 0 Å². The van der Waals surface area contributed by atoms with Gasteiger partial charge >= 0.3 is 0 Å². The van der Waals surface area contributed by atoms with Gasteiger partial charge in [-0.25, -0.2) is 0 Å². The van der Waals surface area contributed by atoms with E-state index in [1.165, 1.54) is 0 Å². The monoisotopic (exact) mass is 444 g/mol. The Balaban J connectivity index is 2.02. The molecule has 0 bridgehead atoms. The van der Waals surface area contributed by atoms with E-state index in [-0.39, 0.29) is 5.91 Å². The van der Waals surface area contributed by atoms with Crippen LogP contribution < -0.4 is 11.1 Å². The molecular formula is C15H14BrIN2O. The molecule has 1 amide bonds. The number of nitrogens with two attached hydrogens (primary N) is 1. The second-order valence-electron chi connectivity index (χ2n) is 4.33. The second kappa shape index (κ2) is 7.19. The van der Waals surface area contributed by atoms with Crippen LogP contribution in [0.3, 0.4) is 0 Å². The van der Waals surface area contributed by atoms with Gasteiger partial charge < -0.3 is 11.1 Å². The van der Waals surface area contributed by atoms with Gasteiger partial charge in [0.05, 0.1) is 5.56 Å². The Labute approximate surface area is 140 Å². The van der Waals surface area contributed by atoms with Crippen molar-refractivity contribution in [1.82, 2.24) is 5.32 Å². The fourth-order valence-electron chi connectivity index (χ4n) is 1.74. The zero-order chi connectivity index (χ0) is 14.5. The lowest BCUT2D eigenvalue weighted by Crippen LogP contribution is -2.23. The van der Waals surface area contributed by atoms with Crippen LogP contribution in [-0.2, 0) is 13.1 Å². The maximum atomic E-state index is 12.1. The zero-order valence-corrected chi connectivity index (χ0v) is 14.4. The van der Waals surface area contributed by atoms with Crippen LogP contribution in [-0.4, -0.2) is 5.91 Å². The smallest absolute Gasteiger partial charge is 0.252 e. The number of rotatable bonds is 4. The summed E-state index contributed by atoms with van der Waals surface area (Å²) in [6.07, 6.45) is 0. The highest BCUT2D eigenvalue weighted by Crippen LogP contribution is 2.19. The van der Waals surface area contributed by atoms with Crippen molar-refractivity contribution < 1.29 is 4.79 Å². The van der Waals surface area contributed by atoms with Crippen molar-refractivity contribution in [2.45, 2.75) is 13.1 Å². The molecule has 0 atom stereocenters. The van der Waals surface area contributed by atoms with E-state index >= 15 is 0 Å². The summed E-state index contributed by atoms with van der Waals surface area (Å²) < 4.78 is 1.83. The minimum absolute atomic E-state index is 0.0849. The fourth-order valence-corrected chi connectivity index (χ4v) is 2.66. The number of nitrogens with one attached hydrogen (secondary N) is 1. The summed E-state index contributed by atoms with van der Waals surface area (Å²) in [7, 11) is 0. The standard InChI is InChI=1S/C15H14BrIN2O/c16-14-6-5-12(17)7-13(14)15(20)19-9-11-3-1-10(8-18)2-4-11/h1-7H,8-9,18H2,(H,19,20). The van der Waals surface area contributed by atoms with Crippen molar-refractivity contribution in [3.05, 3.63) is 67.2 Å². The summed E-state index contributed by atoms with van der Waals surface area (Å²) in [5.41, 5.74) is 8.34. The first-order valence-corrected chi connectivity index (χ1v) is 7.98. The summed E-state index contributed by atoms with van der Waals surface area (Å²) in [6.45, 7) is 1.03. The first kappa shape index (κ1) is 15.5. The van der Waals surface area contributed by atoms with E-state index in [1.807, 2.05) is 42.5 Å². The van der Waals surface area contributed by atoms with Gasteiger partial charge in [0, 0.05) is 21.1 Å². The fraction of sp³-hybridized carbons (Fsp3) is 0.133. The quantitative estimate of drug-likeness (QED) is 0.709. The highest BCUT2D eigenvalue weighted by molar-refractivity contribution is 14.1. The third-order valence-electron chi connectivity index (χ3n) is 2.88. The number of hydrogen-bond donors (Lipinski definition) is 2. The Kier molecular flexibility index (Phi) is 5.56. The van der Waals surface area contributed by atoms with E-state index in [2.05, 4.69) is 43.8 Å². The molecule has 0 fully saturated rings. The molecule has 0 saturated carbocycles. The zero-order valence-electron chi connectivity index (χ0n) is 10.7. The van der Waals surface area contributed by atoms with Gasteiger partial charge in [0.25, 0.3) is 5.91 Å². The maximum Gasteiger partial charge on any atom is 0.252 e. The lowest BCUT2D eigenvalue weighted by Gasteiger charge is -2.08. The Morgan fingerprint density at radius 2 is 1.80 bits per heavy atom. The summed E-state index contributed by atoms with van der Waals surface area (Å²) >= 11 is 5.59. The predicted molar refractivity (Wildman–Crippen MR) is 92.4 cm³/mol. The van der Waals surface area contributed by atoms with Crippen molar-refractivity contribution in [1.29, 1.82) is 0 Å². The van der Waals surface area contributed by atoms with E-state index < -0.39 is 0 Å². The van der Waals surface area contributed by atoms with Crippen molar-refractivity contribution in [3.8, 4) is 0 Å². The number of halogens is 2. The minimum Gasteiger partial charge on any atom is -0.348 e. The molecule has 3 nitrogen and oxygen atoms in total. The Morgan fingerprint density at radius 1 is 1.15 bits per heavy atom. The Hall–Kier alpha value is -0.920. The van der Waals surface area contributed by atoms with E-state index in [4.69, 9.17) is 5.73 Å². The van der Waals surface area contributed by atoms with Crippen LogP contribution in [0.4, 0.5) is 0 Å². The Morgan fingerprint density at radius 3 is 2.45 bits per heavy atom. The molecule has 2 aromatic rings. The molecule has 20 heavy (non-hydrogen) atoms. The molecule has 0 spiro atoms. The number of carbonyl (C=O) groups is 1. The first-order chi connectivity index (χ1) is 9.60. The predicted octanol–water partition coefficient (Wildman–Crippen LogP) is 3.44. The molecular weight excluding hydrogens is 431 g/mol. The SMILES string of the molecule is NCc1ccc(CNC(=O)c2cc(I)ccc2Br)cc1. The molecule has 5 heteroatoms. The van der Waals surface area contributed by atoms with E-state index in [0.29, 0.717) is 18.7 Å². The van der Waals surface area contributed by atoms with Crippen LogP contribution in [0.2, 0.25) is 0 Å². The number of benzene rings is 2. The van der Waals surface area contributed by atoms with Crippen LogP contribution in [0.5, 0.6) is 0 Å². The molecule has 0 unspecified atom stereocenters. The number of amides is 1. The molecule has 3 N–H and O–H groups in total. The molecule has 0 aliphatic heterocycles. The highest BCUT2D eigenvalue weighted by Gasteiger charge is 2.10. The van der Waals surface area contributed by atoms with Gasteiger partial charge in [-0.2, -0.15) is 0 Å². The van der Waals surface area contributed by atoms with Gasteiger partial charge in [-0.05, 0) is 67.8 Å². The van der Waals surface area contributed by atoms with Crippen LogP contribution in [0.1, 0.15) is 21.5 Å². The molecule has 0 heterocycles. The lowest BCUT2D eigenvalue weighted by atomic mass is 10.1. The van der Waals surface area contributed by atoms with Gasteiger partial charge in [0.15, 0.2) is 0 Å². The van der Waals surface area contributed by atoms with E-state index in [1.54, 1.807) is 0 Å². The van der Waals surface area contributed by atoms with Crippen LogP contribution in [0, 0.1) is 3.57 Å². The van der Waals surface area contributed by atoms with Crippen molar-refractivity contribution in [2.75, 3.05) is 0 Å². The van der Waals surface area contributed by atoms with Gasteiger partial charge in [-0.1, -0.05) is 24.3 Å². The highest BCUT2D eigenvalue weighted by atomic mass is 127. The molecule has 0 radical (unpaired) electrons. The average Bonchev–Trinajstić information content (AvgIpc) is 2.47. The second-order valence-corrected chi connectivity index (χ2v) is 6.43. The molecule has 0 aromatic heterocycles. The molecule has 104 valence electrons. The first-order valence-electron chi connectivity index (χ1n) is 6.11. The van der Waals surface area contributed by atoms with Gasteiger partial charge in [-0.15, -0.1) is 0 Å².